The molecule has 0 aliphatic carbocycles. The zero-order chi connectivity index (χ0) is 17.4. The summed E-state index contributed by atoms with van der Waals surface area (Å²) in [6.07, 6.45) is 0. The van der Waals surface area contributed by atoms with E-state index in [0.717, 1.165) is 0 Å². The molecule has 1 aromatic heterocycles. The Hall–Kier alpha value is -1.80. The summed E-state index contributed by atoms with van der Waals surface area (Å²) in [4.78, 5) is 28.7. The Bertz CT molecular complexity index is 997. The smallest absolute Gasteiger partial charge is 0.266 e. The molecule has 0 radical (unpaired) electrons. The van der Waals surface area contributed by atoms with E-state index in [1.54, 1.807) is 41.0 Å². The molecule has 0 saturated heterocycles. The van der Waals surface area contributed by atoms with E-state index in [9.17, 15) is 9.70 Å². The molecular formula is C17H13ClIN3O2. The molecule has 7 heteroatoms. The molecular weight excluding hydrogens is 441 g/mol. The predicted octanol–water partition coefficient (Wildman–Crippen LogP) is 5.17. The van der Waals surface area contributed by atoms with Gasteiger partial charge in [0.2, 0.25) is 0 Å². The molecule has 0 unspecified atom stereocenters. The van der Waals surface area contributed by atoms with Crippen molar-refractivity contribution >= 4 is 50.8 Å². The van der Waals surface area contributed by atoms with Gasteiger partial charge in [-0.25, -0.2) is 4.98 Å². The SMILES string of the molecule is CC(C)c1nc2c(I)c(N=O)ccc2c(=O)n1-c1ccc(Cl)cc1. The maximum absolute atomic E-state index is 13.1. The van der Waals surface area contributed by atoms with Crippen molar-refractivity contribution in [2.75, 3.05) is 0 Å². The normalized spacial score (nSPS) is 11.2. The first-order chi connectivity index (χ1) is 11.4. The van der Waals surface area contributed by atoms with E-state index in [-0.39, 0.29) is 17.2 Å². The van der Waals surface area contributed by atoms with Crippen molar-refractivity contribution < 1.29 is 0 Å². The third kappa shape index (κ3) is 2.84. The van der Waals surface area contributed by atoms with E-state index in [2.05, 4.69) is 10.2 Å². The number of hydrogen-bond acceptors (Lipinski definition) is 4. The molecule has 0 N–H and O–H groups in total. The third-order valence-corrected chi connectivity index (χ3v) is 5.00. The number of nitrogens with zero attached hydrogens (tertiary/aromatic N) is 3. The number of rotatable bonds is 3. The lowest BCUT2D eigenvalue weighted by molar-refractivity contribution is 0.722. The summed E-state index contributed by atoms with van der Waals surface area (Å²) in [7, 11) is 0. The van der Waals surface area contributed by atoms with E-state index in [1.807, 2.05) is 36.4 Å². The van der Waals surface area contributed by atoms with Gasteiger partial charge in [-0.05, 0) is 64.2 Å². The first-order valence-electron chi connectivity index (χ1n) is 7.28. The molecule has 0 spiro atoms. The average Bonchev–Trinajstić information content (AvgIpc) is 2.56. The summed E-state index contributed by atoms with van der Waals surface area (Å²) in [5.41, 5.74) is 1.32. The number of fused-ring (bicyclic) bond motifs is 1. The van der Waals surface area contributed by atoms with Crippen molar-refractivity contribution in [2.45, 2.75) is 19.8 Å². The lowest BCUT2D eigenvalue weighted by atomic mass is 10.1. The van der Waals surface area contributed by atoms with E-state index < -0.39 is 0 Å². The lowest BCUT2D eigenvalue weighted by Crippen LogP contribution is -2.25. The van der Waals surface area contributed by atoms with Crippen LogP contribution in [0.2, 0.25) is 5.02 Å². The molecule has 0 atom stereocenters. The van der Waals surface area contributed by atoms with Crippen LogP contribution in [0, 0.1) is 8.48 Å². The van der Waals surface area contributed by atoms with Crippen LogP contribution >= 0.6 is 34.2 Å². The number of benzene rings is 2. The molecule has 0 aliphatic rings. The highest BCUT2D eigenvalue weighted by Gasteiger charge is 2.18. The zero-order valence-corrected chi connectivity index (χ0v) is 15.9. The van der Waals surface area contributed by atoms with Crippen molar-refractivity contribution in [3.8, 4) is 5.69 Å². The van der Waals surface area contributed by atoms with Crippen LogP contribution in [-0.4, -0.2) is 9.55 Å². The van der Waals surface area contributed by atoms with Gasteiger partial charge in [0.15, 0.2) is 0 Å². The van der Waals surface area contributed by atoms with E-state index in [4.69, 9.17) is 11.6 Å². The van der Waals surface area contributed by atoms with Crippen molar-refractivity contribution in [3.63, 3.8) is 0 Å². The maximum Gasteiger partial charge on any atom is 0.266 e. The van der Waals surface area contributed by atoms with Crippen LogP contribution in [0.15, 0.2) is 46.4 Å². The Morgan fingerprint density at radius 2 is 1.83 bits per heavy atom. The highest BCUT2D eigenvalue weighted by atomic mass is 127. The molecule has 3 aromatic rings. The fourth-order valence-electron chi connectivity index (χ4n) is 2.52. The topological polar surface area (TPSA) is 64.3 Å². The first kappa shape index (κ1) is 17.0. The van der Waals surface area contributed by atoms with Gasteiger partial charge < -0.3 is 0 Å². The number of hydrogen-bond donors (Lipinski definition) is 0. The molecule has 24 heavy (non-hydrogen) atoms. The molecule has 0 bridgehead atoms. The standard InChI is InChI=1S/C17H13ClIN3O2/c1-9(2)16-20-15-12(7-8-13(21-24)14(15)19)17(23)22(16)11-5-3-10(18)4-6-11/h3-9H,1-2H3. The summed E-state index contributed by atoms with van der Waals surface area (Å²) in [6.45, 7) is 3.93. The molecule has 1 heterocycles. The Labute approximate surface area is 156 Å². The second kappa shape index (κ2) is 6.60. The second-order valence-electron chi connectivity index (χ2n) is 5.63. The van der Waals surface area contributed by atoms with Crippen LogP contribution in [0.1, 0.15) is 25.6 Å². The third-order valence-electron chi connectivity index (χ3n) is 3.68. The average molecular weight is 454 g/mol. The van der Waals surface area contributed by atoms with Gasteiger partial charge in [0.25, 0.3) is 5.56 Å². The van der Waals surface area contributed by atoms with Crippen molar-refractivity contribution in [2.24, 2.45) is 5.18 Å². The van der Waals surface area contributed by atoms with Crippen molar-refractivity contribution in [3.05, 3.63) is 66.1 Å². The minimum atomic E-state index is -0.179. The number of aromatic nitrogens is 2. The highest BCUT2D eigenvalue weighted by Crippen LogP contribution is 2.29. The second-order valence-corrected chi connectivity index (χ2v) is 7.14. The summed E-state index contributed by atoms with van der Waals surface area (Å²) in [5, 5.41) is 4.04. The Kier molecular flexibility index (Phi) is 4.69. The minimum absolute atomic E-state index is 0.0152. The largest absolute Gasteiger partial charge is 0.268 e. The van der Waals surface area contributed by atoms with Crippen LogP contribution in [0.25, 0.3) is 16.6 Å². The van der Waals surface area contributed by atoms with E-state index in [0.29, 0.717) is 31.0 Å². The van der Waals surface area contributed by atoms with Crippen molar-refractivity contribution in [1.82, 2.24) is 9.55 Å². The van der Waals surface area contributed by atoms with Gasteiger partial charge in [-0.3, -0.25) is 9.36 Å². The Balaban J connectivity index is 2.43. The monoisotopic (exact) mass is 453 g/mol. The molecule has 3 rings (SSSR count). The minimum Gasteiger partial charge on any atom is -0.268 e. The molecule has 2 aromatic carbocycles. The van der Waals surface area contributed by atoms with Gasteiger partial charge in [0, 0.05) is 10.9 Å². The fourth-order valence-corrected chi connectivity index (χ4v) is 3.34. The van der Waals surface area contributed by atoms with Gasteiger partial charge in [0.1, 0.15) is 11.5 Å². The van der Waals surface area contributed by atoms with Crippen molar-refractivity contribution in [1.29, 1.82) is 0 Å². The molecule has 5 nitrogen and oxygen atoms in total. The number of halogens is 2. The maximum atomic E-state index is 13.1. The molecule has 0 amide bonds. The molecule has 122 valence electrons. The van der Waals surface area contributed by atoms with Crippen LogP contribution in [0.4, 0.5) is 5.69 Å². The first-order valence-corrected chi connectivity index (χ1v) is 8.74. The summed E-state index contributed by atoms with van der Waals surface area (Å²) >= 11 is 7.95. The van der Waals surface area contributed by atoms with Crippen LogP contribution in [-0.2, 0) is 0 Å². The summed E-state index contributed by atoms with van der Waals surface area (Å²) < 4.78 is 2.18. The predicted molar refractivity (Wildman–Crippen MR) is 105 cm³/mol. The van der Waals surface area contributed by atoms with Gasteiger partial charge in [0.05, 0.1) is 20.2 Å². The van der Waals surface area contributed by atoms with Gasteiger partial charge in [-0.1, -0.05) is 25.4 Å². The van der Waals surface area contributed by atoms with E-state index >= 15 is 0 Å². The van der Waals surface area contributed by atoms with Gasteiger partial charge >= 0.3 is 0 Å². The lowest BCUT2D eigenvalue weighted by Gasteiger charge is -2.16. The fraction of sp³-hybridized carbons (Fsp3) is 0.176. The summed E-state index contributed by atoms with van der Waals surface area (Å²) in [5.74, 6) is 0.636. The molecule has 0 aliphatic heterocycles. The Morgan fingerprint density at radius 1 is 1.17 bits per heavy atom. The molecule has 0 saturated carbocycles. The van der Waals surface area contributed by atoms with Crippen LogP contribution in [0.3, 0.4) is 0 Å². The van der Waals surface area contributed by atoms with Crippen LogP contribution in [0.5, 0.6) is 0 Å². The van der Waals surface area contributed by atoms with E-state index in [1.165, 1.54) is 0 Å². The zero-order valence-electron chi connectivity index (χ0n) is 13.0. The molecule has 0 fully saturated rings. The van der Waals surface area contributed by atoms with Crippen LogP contribution < -0.4 is 5.56 Å². The van der Waals surface area contributed by atoms with Gasteiger partial charge in [-0.2, -0.15) is 0 Å². The summed E-state index contributed by atoms with van der Waals surface area (Å²) in [6, 6.07) is 10.2. The Morgan fingerprint density at radius 3 is 2.42 bits per heavy atom. The highest BCUT2D eigenvalue weighted by molar-refractivity contribution is 14.1. The van der Waals surface area contributed by atoms with Gasteiger partial charge in [-0.15, -0.1) is 4.91 Å². The number of nitroso groups, excluding NO2 is 1. The quantitative estimate of drug-likeness (QED) is 0.406.